The highest BCUT2D eigenvalue weighted by Gasteiger charge is 2.13. The lowest BCUT2D eigenvalue weighted by Crippen LogP contribution is -2.13. The molecule has 3 aromatic carbocycles. The number of nitrogens with one attached hydrogen (secondary N) is 2. The van der Waals surface area contributed by atoms with Crippen LogP contribution < -0.4 is 10.0 Å². The maximum Gasteiger partial charge on any atom is 0.261 e. The van der Waals surface area contributed by atoms with Crippen LogP contribution in [0.4, 0.5) is 11.4 Å². The second-order valence-electron chi connectivity index (χ2n) is 6.34. The highest BCUT2D eigenvalue weighted by molar-refractivity contribution is 7.92. The predicted molar refractivity (Wildman–Crippen MR) is 107 cm³/mol. The van der Waals surface area contributed by atoms with E-state index in [0.29, 0.717) is 12.2 Å². The van der Waals surface area contributed by atoms with E-state index in [9.17, 15) is 8.42 Å². The van der Waals surface area contributed by atoms with E-state index < -0.39 is 10.0 Å². The third-order valence-electron chi connectivity index (χ3n) is 4.05. The Bertz CT molecular complexity index is 979. The highest BCUT2D eigenvalue weighted by atomic mass is 32.2. The Morgan fingerprint density at radius 2 is 1.42 bits per heavy atom. The Balaban J connectivity index is 1.64. The second kappa shape index (κ2) is 7.62. The molecule has 0 aromatic heterocycles. The molecule has 0 aliphatic rings. The lowest BCUT2D eigenvalue weighted by molar-refractivity contribution is 0.601. The van der Waals surface area contributed by atoms with Crippen LogP contribution in [0.5, 0.6) is 0 Å². The van der Waals surface area contributed by atoms with E-state index in [1.54, 1.807) is 30.3 Å². The number of aryl methyl sites for hydroxylation is 2. The molecule has 0 radical (unpaired) electrons. The van der Waals surface area contributed by atoms with Gasteiger partial charge < -0.3 is 5.32 Å². The molecule has 0 heterocycles. The smallest absolute Gasteiger partial charge is 0.261 e. The Hall–Kier alpha value is -2.79. The topological polar surface area (TPSA) is 58.2 Å². The summed E-state index contributed by atoms with van der Waals surface area (Å²) < 4.78 is 27.5. The molecular formula is C21H22N2O2S. The van der Waals surface area contributed by atoms with E-state index in [-0.39, 0.29) is 4.90 Å². The third kappa shape index (κ3) is 4.64. The fourth-order valence-electron chi connectivity index (χ4n) is 2.56. The molecule has 3 aromatic rings. The Morgan fingerprint density at radius 1 is 0.769 bits per heavy atom. The number of anilines is 2. The van der Waals surface area contributed by atoms with Crippen LogP contribution in [0, 0.1) is 13.8 Å². The Kier molecular flexibility index (Phi) is 5.28. The minimum absolute atomic E-state index is 0.263. The zero-order valence-electron chi connectivity index (χ0n) is 14.9. The van der Waals surface area contributed by atoms with Gasteiger partial charge in [0, 0.05) is 17.9 Å². The van der Waals surface area contributed by atoms with Gasteiger partial charge in [0.05, 0.1) is 4.90 Å². The van der Waals surface area contributed by atoms with E-state index in [2.05, 4.69) is 41.2 Å². The molecule has 0 fully saturated rings. The van der Waals surface area contributed by atoms with Crippen molar-refractivity contribution in [3.05, 3.63) is 89.5 Å². The Morgan fingerprint density at radius 3 is 2.08 bits per heavy atom. The standard InChI is InChI=1S/C21H22N2O2S/c1-16-6-8-18(9-7-16)15-22-19-10-12-20(13-11-19)23-26(24,25)21-5-3-4-17(2)14-21/h3-14,22-23H,15H2,1-2H3. The molecule has 5 heteroatoms. The van der Waals surface area contributed by atoms with E-state index in [4.69, 9.17) is 0 Å². The summed E-state index contributed by atoms with van der Waals surface area (Å²) in [7, 11) is -3.58. The molecule has 4 nitrogen and oxygen atoms in total. The van der Waals surface area contributed by atoms with E-state index in [0.717, 1.165) is 11.3 Å². The quantitative estimate of drug-likeness (QED) is 0.664. The van der Waals surface area contributed by atoms with Crippen LogP contribution in [-0.2, 0) is 16.6 Å². The molecule has 0 amide bonds. The predicted octanol–water partition coefficient (Wildman–Crippen LogP) is 4.72. The summed E-state index contributed by atoms with van der Waals surface area (Å²) in [5.41, 5.74) is 4.80. The van der Waals surface area contributed by atoms with Crippen molar-refractivity contribution in [2.24, 2.45) is 0 Å². The summed E-state index contributed by atoms with van der Waals surface area (Å²) >= 11 is 0. The van der Waals surface area contributed by atoms with Gasteiger partial charge in [-0.05, 0) is 61.4 Å². The van der Waals surface area contributed by atoms with Crippen molar-refractivity contribution in [2.45, 2.75) is 25.3 Å². The van der Waals surface area contributed by atoms with Crippen LogP contribution in [0.1, 0.15) is 16.7 Å². The van der Waals surface area contributed by atoms with E-state index in [1.807, 2.05) is 25.1 Å². The SMILES string of the molecule is Cc1ccc(CNc2ccc(NS(=O)(=O)c3cccc(C)c3)cc2)cc1. The maximum atomic E-state index is 12.5. The number of hydrogen-bond acceptors (Lipinski definition) is 3. The second-order valence-corrected chi connectivity index (χ2v) is 8.02. The summed E-state index contributed by atoms with van der Waals surface area (Å²) in [6.07, 6.45) is 0. The first-order chi connectivity index (χ1) is 12.4. The lowest BCUT2D eigenvalue weighted by Gasteiger charge is -2.11. The van der Waals surface area contributed by atoms with Gasteiger partial charge in [-0.2, -0.15) is 0 Å². The molecule has 0 atom stereocenters. The van der Waals surface area contributed by atoms with Crippen LogP contribution in [0.15, 0.2) is 77.7 Å². The van der Waals surface area contributed by atoms with Crippen LogP contribution in [-0.4, -0.2) is 8.42 Å². The highest BCUT2D eigenvalue weighted by Crippen LogP contribution is 2.19. The molecule has 0 spiro atoms. The zero-order chi connectivity index (χ0) is 18.6. The summed E-state index contributed by atoms with van der Waals surface area (Å²) in [5.74, 6) is 0. The first kappa shape index (κ1) is 18.0. The number of benzene rings is 3. The molecular weight excluding hydrogens is 344 g/mol. The van der Waals surface area contributed by atoms with E-state index in [1.165, 1.54) is 11.1 Å². The van der Waals surface area contributed by atoms with Crippen molar-refractivity contribution in [3.63, 3.8) is 0 Å². The summed E-state index contributed by atoms with van der Waals surface area (Å²) in [6, 6.07) is 22.4. The average molecular weight is 366 g/mol. The van der Waals surface area contributed by atoms with Gasteiger partial charge in [-0.15, -0.1) is 0 Å². The minimum Gasteiger partial charge on any atom is -0.381 e. The van der Waals surface area contributed by atoms with Gasteiger partial charge in [0.1, 0.15) is 0 Å². The molecule has 0 bridgehead atoms. The van der Waals surface area contributed by atoms with Gasteiger partial charge in [0.25, 0.3) is 10.0 Å². The Labute approximate surface area is 155 Å². The average Bonchev–Trinajstić information content (AvgIpc) is 2.62. The normalized spacial score (nSPS) is 11.2. The maximum absolute atomic E-state index is 12.5. The summed E-state index contributed by atoms with van der Waals surface area (Å²) in [6.45, 7) is 4.65. The van der Waals surface area contributed by atoms with Gasteiger partial charge in [0.2, 0.25) is 0 Å². The van der Waals surface area contributed by atoms with Crippen molar-refractivity contribution in [1.29, 1.82) is 0 Å². The number of hydrogen-bond donors (Lipinski definition) is 2. The first-order valence-electron chi connectivity index (χ1n) is 8.41. The zero-order valence-corrected chi connectivity index (χ0v) is 15.7. The van der Waals surface area contributed by atoms with Crippen LogP contribution >= 0.6 is 0 Å². The molecule has 0 saturated heterocycles. The van der Waals surface area contributed by atoms with Gasteiger partial charge >= 0.3 is 0 Å². The van der Waals surface area contributed by atoms with Crippen molar-refractivity contribution in [1.82, 2.24) is 0 Å². The van der Waals surface area contributed by atoms with Crippen molar-refractivity contribution in [2.75, 3.05) is 10.0 Å². The molecule has 2 N–H and O–H groups in total. The van der Waals surface area contributed by atoms with Gasteiger partial charge in [-0.1, -0.05) is 42.0 Å². The fraction of sp³-hybridized carbons (Fsp3) is 0.143. The van der Waals surface area contributed by atoms with Crippen LogP contribution in [0.3, 0.4) is 0 Å². The number of rotatable bonds is 6. The van der Waals surface area contributed by atoms with Crippen LogP contribution in [0.25, 0.3) is 0 Å². The third-order valence-corrected chi connectivity index (χ3v) is 5.43. The lowest BCUT2D eigenvalue weighted by atomic mass is 10.1. The molecule has 0 aliphatic carbocycles. The molecule has 0 unspecified atom stereocenters. The summed E-state index contributed by atoms with van der Waals surface area (Å²) in [4.78, 5) is 0.263. The van der Waals surface area contributed by atoms with Gasteiger partial charge in [-0.25, -0.2) is 8.42 Å². The van der Waals surface area contributed by atoms with E-state index >= 15 is 0 Å². The molecule has 0 aliphatic heterocycles. The number of sulfonamides is 1. The fourth-order valence-corrected chi connectivity index (χ4v) is 3.73. The molecule has 26 heavy (non-hydrogen) atoms. The minimum atomic E-state index is -3.58. The largest absolute Gasteiger partial charge is 0.381 e. The molecule has 3 rings (SSSR count). The monoisotopic (exact) mass is 366 g/mol. The van der Waals surface area contributed by atoms with Crippen molar-refractivity contribution in [3.8, 4) is 0 Å². The summed E-state index contributed by atoms with van der Waals surface area (Å²) in [5, 5.41) is 3.33. The van der Waals surface area contributed by atoms with Gasteiger partial charge in [0.15, 0.2) is 0 Å². The van der Waals surface area contributed by atoms with Crippen molar-refractivity contribution >= 4 is 21.4 Å². The first-order valence-corrected chi connectivity index (χ1v) is 9.90. The van der Waals surface area contributed by atoms with Crippen LogP contribution in [0.2, 0.25) is 0 Å². The van der Waals surface area contributed by atoms with Gasteiger partial charge in [-0.3, -0.25) is 4.72 Å². The molecule has 134 valence electrons. The molecule has 0 saturated carbocycles. The van der Waals surface area contributed by atoms with Crippen molar-refractivity contribution < 1.29 is 8.42 Å².